The molecular formula is C17H17N5O2S. The van der Waals surface area contributed by atoms with Crippen LogP contribution in [0, 0.1) is 6.92 Å². The van der Waals surface area contributed by atoms with E-state index in [-0.39, 0.29) is 17.4 Å². The summed E-state index contributed by atoms with van der Waals surface area (Å²) in [5.41, 5.74) is 2.95. The smallest absolute Gasteiger partial charge is 0.230 e. The van der Waals surface area contributed by atoms with Crippen LogP contribution in [0.1, 0.15) is 11.1 Å². The van der Waals surface area contributed by atoms with Gasteiger partial charge in [-0.2, -0.15) is 4.68 Å². The zero-order chi connectivity index (χ0) is 17.6. The normalized spacial score (nSPS) is 10.6. The van der Waals surface area contributed by atoms with Gasteiger partial charge in [-0.25, -0.2) is 0 Å². The van der Waals surface area contributed by atoms with Gasteiger partial charge in [0.25, 0.3) is 0 Å². The molecular weight excluding hydrogens is 338 g/mol. The highest BCUT2D eigenvalue weighted by Crippen LogP contribution is 2.19. The Morgan fingerprint density at radius 2 is 1.88 bits per heavy atom. The van der Waals surface area contributed by atoms with Crippen LogP contribution in [0.5, 0.6) is 5.75 Å². The molecule has 0 aliphatic rings. The standard InChI is InChI=1S/C17H17N5O2S/c1-12-2-4-13(5-3-12)10-18-16(24)11-25-17-19-20-21-22(17)14-6-8-15(23)9-7-14/h2-9,23H,10-11H2,1H3,(H,18,24). The molecule has 0 unspecified atom stereocenters. The first kappa shape index (κ1) is 17.0. The van der Waals surface area contributed by atoms with Crippen LogP contribution in [0.25, 0.3) is 5.69 Å². The van der Waals surface area contributed by atoms with E-state index in [2.05, 4.69) is 20.8 Å². The first-order valence-electron chi connectivity index (χ1n) is 7.64. The molecule has 0 aliphatic heterocycles. The minimum absolute atomic E-state index is 0.0918. The van der Waals surface area contributed by atoms with Crippen molar-refractivity contribution in [2.24, 2.45) is 0 Å². The van der Waals surface area contributed by atoms with E-state index in [0.717, 1.165) is 5.56 Å². The largest absolute Gasteiger partial charge is 0.508 e. The van der Waals surface area contributed by atoms with Gasteiger partial charge in [0.05, 0.1) is 11.4 Å². The SMILES string of the molecule is Cc1ccc(CNC(=O)CSc2nnnn2-c2ccc(O)cc2)cc1. The topological polar surface area (TPSA) is 92.9 Å². The lowest BCUT2D eigenvalue weighted by atomic mass is 10.1. The average molecular weight is 355 g/mol. The molecule has 0 saturated carbocycles. The van der Waals surface area contributed by atoms with Gasteiger partial charge in [0.1, 0.15) is 5.75 Å². The molecule has 0 atom stereocenters. The number of nitrogens with zero attached hydrogens (tertiary/aromatic N) is 4. The Hall–Kier alpha value is -2.87. The molecule has 0 bridgehead atoms. The lowest BCUT2D eigenvalue weighted by Crippen LogP contribution is -2.24. The summed E-state index contributed by atoms with van der Waals surface area (Å²) in [4.78, 5) is 12.0. The molecule has 1 amide bonds. The van der Waals surface area contributed by atoms with Crippen LogP contribution in [0.15, 0.2) is 53.7 Å². The van der Waals surface area contributed by atoms with E-state index in [1.165, 1.54) is 22.0 Å². The molecule has 128 valence electrons. The van der Waals surface area contributed by atoms with Gasteiger partial charge in [0, 0.05) is 6.54 Å². The number of thioether (sulfide) groups is 1. The Kier molecular flexibility index (Phi) is 5.30. The number of nitrogens with one attached hydrogen (secondary N) is 1. The Morgan fingerprint density at radius 1 is 1.16 bits per heavy atom. The predicted molar refractivity (Wildman–Crippen MR) is 94.6 cm³/mol. The van der Waals surface area contributed by atoms with E-state index in [1.807, 2.05) is 31.2 Å². The molecule has 8 heteroatoms. The molecule has 0 spiro atoms. The van der Waals surface area contributed by atoms with Crippen LogP contribution in [0.3, 0.4) is 0 Å². The second-order valence-electron chi connectivity index (χ2n) is 5.44. The number of benzene rings is 2. The number of rotatable bonds is 6. The summed E-state index contributed by atoms with van der Waals surface area (Å²) in [7, 11) is 0. The van der Waals surface area contributed by atoms with Crippen LogP contribution in [-0.4, -0.2) is 37.0 Å². The maximum atomic E-state index is 12.0. The molecule has 1 aromatic heterocycles. The Bertz CT molecular complexity index is 846. The molecule has 0 aliphatic carbocycles. The zero-order valence-corrected chi connectivity index (χ0v) is 14.4. The molecule has 3 rings (SSSR count). The van der Waals surface area contributed by atoms with Crippen molar-refractivity contribution in [3.8, 4) is 11.4 Å². The third kappa shape index (κ3) is 4.57. The highest BCUT2D eigenvalue weighted by molar-refractivity contribution is 7.99. The molecule has 0 saturated heterocycles. The van der Waals surface area contributed by atoms with Crippen molar-refractivity contribution in [3.63, 3.8) is 0 Å². The van der Waals surface area contributed by atoms with E-state index in [0.29, 0.717) is 17.4 Å². The minimum Gasteiger partial charge on any atom is -0.508 e. The fourth-order valence-electron chi connectivity index (χ4n) is 2.11. The summed E-state index contributed by atoms with van der Waals surface area (Å²) >= 11 is 1.25. The van der Waals surface area contributed by atoms with Crippen molar-refractivity contribution >= 4 is 17.7 Å². The molecule has 0 radical (unpaired) electrons. The van der Waals surface area contributed by atoms with Gasteiger partial charge in [0.15, 0.2) is 0 Å². The van der Waals surface area contributed by atoms with Gasteiger partial charge in [-0.15, -0.1) is 5.10 Å². The van der Waals surface area contributed by atoms with Crippen molar-refractivity contribution in [2.45, 2.75) is 18.6 Å². The van der Waals surface area contributed by atoms with E-state index >= 15 is 0 Å². The quantitative estimate of drug-likeness (QED) is 0.658. The molecule has 7 nitrogen and oxygen atoms in total. The summed E-state index contributed by atoms with van der Waals surface area (Å²) in [6.45, 7) is 2.51. The minimum atomic E-state index is -0.0918. The molecule has 3 aromatic rings. The number of phenolic OH excluding ortho intramolecular Hbond substituents is 1. The highest BCUT2D eigenvalue weighted by Gasteiger charge is 2.11. The van der Waals surface area contributed by atoms with E-state index in [1.54, 1.807) is 24.3 Å². The summed E-state index contributed by atoms with van der Waals surface area (Å²) in [6, 6.07) is 14.5. The van der Waals surface area contributed by atoms with Crippen molar-refractivity contribution < 1.29 is 9.90 Å². The number of aryl methyl sites for hydroxylation is 1. The maximum Gasteiger partial charge on any atom is 0.230 e. The fraction of sp³-hybridized carbons (Fsp3) is 0.176. The summed E-state index contributed by atoms with van der Waals surface area (Å²) in [5.74, 6) is 0.289. The van der Waals surface area contributed by atoms with Crippen molar-refractivity contribution in [1.29, 1.82) is 0 Å². The summed E-state index contributed by atoms with van der Waals surface area (Å²) in [5, 5.41) is 24.2. The van der Waals surface area contributed by atoms with Crippen LogP contribution < -0.4 is 5.32 Å². The Labute approximate surface area is 149 Å². The lowest BCUT2D eigenvalue weighted by molar-refractivity contribution is -0.118. The summed E-state index contributed by atoms with van der Waals surface area (Å²) in [6.07, 6.45) is 0. The molecule has 0 fully saturated rings. The molecule has 2 aromatic carbocycles. The first-order chi connectivity index (χ1) is 12.1. The van der Waals surface area contributed by atoms with Gasteiger partial charge in [-0.3, -0.25) is 4.79 Å². The Balaban J connectivity index is 1.55. The van der Waals surface area contributed by atoms with Crippen molar-refractivity contribution in [1.82, 2.24) is 25.5 Å². The third-order valence-electron chi connectivity index (χ3n) is 3.48. The molecule has 25 heavy (non-hydrogen) atoms. The fourth-order valence-corrected chi connectivity index (χ4v) is 2.83. The number of carbonyl (C=O) groups excluding carboxylic acids is 1. The number of carbonyl (C=O) groups is 1. The second kappa shape index (κ2) is 7.80. The van der Waals surface area contributed by atoms with Gasteiger partial charge in [-0.1, -0.05) is 41.6 Å². The second-order valence-corrected chi connectivity index (χ2v) is 6.38. The van der Waals surface area contributed by atoms with Gasteiger partial charge in [0.2, 0.25) is 11.1 Å². The van der Waals surface area contributed by atoms with E-state index in [9.17, 15) is 9.90 Å². The third-order valence-corrected chi connectivity index (χ3v) is 4.40. The number of aromatic hydroxyl groups is 1. The average Bonchev–Trinajstić information content (AvgIpc) is 3.09. The number of hydrogen-bond acceptors (Lipinski definition) is 6. The van der Waals surface area contributed by atoms with E-state index < -0.39 is 0 Å². The van der Waals surface area contributed by atoms with Crippen molar-refractivity contribution in [3.05, 3.63) is 59.7 Å². The Morgan fingerprint density at radius 3 is 2.60 bits per heavy atom. The van der Waals surface area contributed by atoms with Crippen LogP contribution in [-0.2, 0) is 11.3 Å². The van der Waals surface area contributed by atoms with Gasteiger partial charge < -0.3 is 10.4 Å². The molecule has 2 N–H and O–H groups in total. The number of amides is 1. The number of tetrazole rings is 1. The zero-order valence-electron chi connectivity index (χ0n) is 13.6. The van der Waals surface area contributed by atoms with Crippen LogP contribution in [0.4, 0.5) is 0 Å². The molecule has 1 heterocycles. The first-order valence-corrected chi connectivity index (χ1v) is 8.63. The van der Waals surface area contributed by atoms with E-state index in [4.69, 9.17) is 0 Å². The van der Waals surface area contributed by atoms with Crippen LogP contribution in [0.2, 0.25) is 0 Å². The van der Waals surface area contributed by atoms with Crippen molar-refractivity contribution in [2.75, 3.05) is 5.75 Å². The predicted octanol–water partition coefficient (Wildman–Crippen LogP) is 2.08. The number of phenols is 1. The number of aromatic nitrogens is 4. The maximum absolute atomic E-state index is 12.0. The van der Waals surface area contributed by atoms with Crippen LogP contribution >= 0.6 is 11.8 Å². The monoisotopic (exact) mass is 355 g/mol. The summed E-state index contributed by atoms with van der Waals surface area (Å²) < 4.78 is 1.53. The van der Waals surface area contributed by atoms with Gasteiger partial charge in [-0.05, 0) is 47.2 Å². The lowest BCUT2D eigenvalue weighted by Gasteiger charge is -2.06. The van der Waals surface area contributed by atoms with Gasteiger partial charge >= 0.3 is 0 Å². The highest BCUT2D eigenvalue weighted by atomic mass is 32.2. The number of hydrogen-bond donors (Lipinski definition) is 2.